The van der Waals surface area contributed by atoms with Gasteiger partial charge in [0.05, 0.1) is 32.5 Å². The Morgan fingerprint density at radius 1 is 0.941 bits per heavy atom. The van der Waals surface area contributed by atoms with Gasteiger partial charge in [0.15, 0.2) is 17.3 Å². The van der Waals surface area contributed by atoms with Gasteiger partial charge in [-0.05, 0) is 55.0 Å². The Hall–Kier alpha value is -3.78. The fourth-order valence-electron chi connectivity index (χ4n) is 3.58. The predicted molar refractivity (Wildman–Crippen MR) is 129 cm³/mol. The van der Waals surface area contributed by atoms with Gasteiger partial charge >= 0.3 is 5.97 Å². The number of rotatable bonds is 6. The maximum absolute atomic E-state index is 12.9. The minimum atomic E-state index is -0.628. The molecule has 4 rings (SSSR count). The number of hydrogen-bond donors (Lipinski definition) is 0. The van der Waals surface area contributed by atoms with Crippen molar-refractivity contribution in [2.24, 2.45) is 0 Å². The molecular weight excluding hydrogens is 504 g/mol. The SMILES string of the molecule is COc1cc(C(=O)Oc2ccc3c(c2C)O/C(=C\c2cccc(Br)c2)C3=O)cc(OC)c1OC. The van der Waals surface area contributed by atoms with Gasteiger partial charge < -0.3 is 23.7 Å². The highest BCUT2D eigenvalue weighted by Gasteiger charge is 2.31. The van der Waals surface area contributed by atoms with Crippen molar-refractivity contribution >= 4 is 33.8 Å². The van der Waals surface area contributed by atoms with Crippen LogP contribution in [0.5, 0.6) is 28.7 Å². The molecule has 0 unspecified atom stereocenters. The molecule has 0 saturated heterocycles. The van der Waals surface area contributed by atoms with Crippen molar-refractivity contribution in [3.05, 3.63) is 81.0 Å². The number of ether oxygens (including phenoxy) is 5. The molecule has 0 N–H and O–H groups in total. The van der Waals surface area contributed by atoms with E-state index in [1.165, 1.54) is 33.5 Å². The van der Waals surface area contributed by atoms with Crippen LogP contribution >= 0.6 is 15.9 Å². The van der Waals surface area contributed by atoms with Crippen molar-refractivity contribution in [1.82, 2.24) is 0 Å². The third-order valence-corrected chi connectivity index (χ3v) is 5.78. The molecule has 174 valence electrons. The Morgan fingerprint density at radius 3 is 2.26 bits per heavy atom. The molecule has 0 spiro atoms. The van der Waals surface area contributed by atoms with Crippen LogP contribution in [-0.4, -0.2) is 33.1 Å². The number of methoxy groups -OCH3 is 3. The summed E-state index contributed by atoms with van der Waals surface area (Å²) in [5, 5.41) is 0. The van der Waals surface area contributed by atoms with Crippen LogP contribution in [-0.2, 0) is 0 Å². The van der Waals surface area contributed by atoms with Crippen LogP contribution in [0.3, 0.4) is 0 Å². The van der Waals surface area contributed by atoms with Gasteiger partial charge in [-0.2, -0.15) is 0 Å². The van der Waals surface area contributed by atoms with Gasteiger partial charge in [-0.25, -0.2) is 4.79 Å². The van der Waals surface area contributed by atoms with Gasteiger partial charge in [-0.15, -0.1) is 0 Å². The quantitative estimate of drug-likeness (QED) is 0.235. The number of allylic oxidation sites excluding steroid dienone is 1. The van der Waals surface area contributed by atoms with Crippen molar-refractivity contribution < 1.29 is 33.3 Å². The summed E-state index contributed by atoms with van der Waals surface area (Å²) in [6.45, 7) is 1.73. The third-order valence-electron chi connectivity index (χ3n) is 5.29. The number of benzene rings is 3. The van der Waals surface area contributed by atoms with Crippen LogP contribution in [0.25, 0.3) is 6.08 Å². The summed E-state index contributed by atoms with van der Waals surface area (Å²) in [7, 11) is 4.40. The Labute approximate surface area is 205 Å². The lowest BCUT2D eigenvalue weighted by Crippen LogP contribution is -2.10. The molecule has 1 heterocycles. The molecule has 8 heteroatoms. The maximum Gasteiger partial charge on any atom is 0.343 e. The molecule has 3 aromatic rings. The van der Waals surface area contributed by atoms with Gasteiger partial charge in [0, 0.05) is 10.0 Å². The summed E-state index contributed by atoms with van der Waals surface area (Å²) < 4.78 is 28.3. The summed E-state index contributed by atoms with van der Waals surface area (Å²) in [6.07, 6.45) is 1.67. The number of carbonyl (C=O) groups is 2. The van der Waals surface area contributed by atoms with Gasteiger partial charge in [0.25, 0.3) is 0 Å². The molecule has 7 nitrogen and oxygen atoms in total. The van der Waals surface area contributed by atoms with Crippen LogP contribution in [0.15, 0.2) is 58.8 Å². The molecule has 1 aliphatic rings. The number of halogens is 1. The van der Waals surface area contributed by atoms with E-state index in [1.807, 2.05) is 24.3 Å². The second-order valence-corrected chi connectivity index (χ2v) is 8.28. The monoisotopic (exact) mass is 524 g/mol. The van der Waals surface area contributed by atoms with E-state index in [0.29, 0.717) is 34.1 Å². The number of esters is 1. The van der Waals surface area contributed by atoms with Gasteiger partial charge in [0.1, 0.15) is 11.5 Å². The molecule has 0 saturated carbocycles. The van der Waals surface area contributed by atoms with Crippen molar-refractivity contribution in [3.63, 3.8) is 0 Å². The largest absolute Gasteiger partial charge is 0.493 e. The zero-order valence-corrected chi connectivity index (χ0v) is 20.5. The van der Waals surface area contributed by atoms with Gasteiger partial charge in [-0.1, -0.05) is 28.1 Å². The number of carbonyl (C=O) groups excluding carboxylic acids is 2. The van der Waals surface area contributed by atoms with Crippen molar-refractivity contribution in [2.45, 2.75) is 6.92 Å². The first-order chi connectivity index (χ1) is 16.4. The molecule has 0 bridgehead atoms. The van der Waals surface area contributed by atoms with Crippen molar-refractivity contribution in [1.29, 1.82) is 0 Å². The van der Waals surface area contributed by atoms with Crippen molar-refractivity contribution in [2.75, 3.05) is 21.3 Å². The Balaban J connectivity index is 1.62. The normalized spacial score (nSPS) is 13.3. The first kappa shape index (κ1) is 23.4. The summed E-state index contributed by atoms with van der Waals surface area (Å²) in [6, 6.07) is 13.7. The van der Waals surface area contributed by atoms with E-state index in [-0.39, 0.29) is 22.9 Å². The molecule has 0 amide bonds. The van der Waals surface area contributed by atoms with Gasteiger partial charge in [-0.3, -0.25) is 4.79 Å². The zero-order chi connectivity index (χ0) is 24.4. The Kier molecular flexibility index (Phi) is 6.61. The van der Waals surface area contributed by atoms with Crippen LogP contribution in [0.4, 0.5) is 0 Å². The Bertz CT molecular complexity index is 1300. The first-order valence-electron chi connectivity index (χ1n) is 10.2. The van der Waals surface area contributed by atoms with E-state index >= 15 is 0 Å². The molecule has 3 aromatic carbocycles. The van der Waals surface area contributed by atoms with E-state index in [0.717, 1.165) is 10.0 Å². The third kappa shape index (κ3) is 4.36. The van der Waals surface area contributed by atoms with Crippen LogP contribution < -0.4 is 23.7 Å². The molecular formula is C26H21BrO7. The van der Waals surface area contributed by atoms with Crippen LogP contribution in [0.1, 0.15) is 31.8 Å². The highest BCUT2D eigenvalue weighted by molar-refractivity contribution is 9.10. The predicted octanol–water partition coefficient (Wildman–Crippen LogP) is 5.62. The highest BCUT2D eigenvalue weighted by atomic mass is 79.9. The lowest BCUT2D eigenvalue weighted by molar-refractivity contribution is 0.0732. The van der Waals surface area contributed by atoms with Crippen LogP contribution in [0.2, 0.25) is 0 Å². The minimum Gasteiger partial charge on any atom is -0.493 e. The standard InChI is InChI=1S/C26H21BrO7/c1-14-19(34-26(29)16-12-21(30-2)25(32-4)22(13-16)31-3)9-8-18-23(28)20(33-24(14)18)11-15-6-5-7-17(27)10-15/h5-13H,1-4H3/b20-11-. The highest BCUT2D eigenvalue weighted by Crippen LogP contribution is 2.41. The van der Waals surface area contributed by atoms with Crippen LogP contribution in [0, 0.1) is 6.92 Å². The second kappa shape index (κ2) is 9.61. The fourth-order valence-corrected chi connectivity index (χ4v) is 4.00. The summed E-state index contributed by atoms with van der Waals surface area (Å²) in [5.41, 5.74) is 1.97. The number of hydrogen-bond acceptors (Lipinski definition) is 7. The van der Waals surface area contributed by atoms with Gasteiger partial charge in [0.2, 0.25) is 11.5 Å². The van der Waals surface area contributed by atoms with Crippen molar-refractivity contribution in [3.8, 4) is 28.7 Å². The average molecular weight is 525 g/mol. The van der Waals surface area contributed by atoms with E-state index in [2.05, 4.69) is 15.9 Å². The summed E-state index contributed by atoms with van der Waals surface area (Å²) >= 11 is 3.42. The molecule has 0 radical (unpaired) electrons. The lowest BCUT2D eigenvalue weighted by Gasteiger charge is -2.14. The zero-order valence-electron chi connectivity index (χ0n) is 18.9. The van der Waals surface area contributed by atoms with E-state index in [4.69, 9.17) is 23.7 Å². The molecule has 0 atom stereocenters. The molecule has 0 aromatic heterocycles. The second-order valence-electron chi connectivity index (χ2n) is 7.36. The minimum absolute atomic E-state index is 0.198. The summed E-state index contributed by atoms with van der Waals surface area (Å²) in [4.78, 5) is 25.7. The number of ketones is 1. The smallest absolute Gasteiger partial charge is 0.343 e. The fraction of sp³-hybridized carbons (Fsp3) is 0.154. The molecule has 0 aliphatic carbocycles. The first-order valence-corrected chi connectivity index (χ1v) is 11.0. The average Bonchev–Trinajstić information content (AvgIpc) is 3.15. The maximum atomic E-state index is 12.9. The lowest BCUT2D eigenvalue weighted by atomic mass is 10.1. The molecule has 1 aliphatic heterocycles. The van der Waals surface area contributed by atoms with E-state index in [9.17, 15) is 9.59 Å². The number of fused-ring (bicyclic) bond motifs is 1. The summed E-state index contributed by atoms with van der Waals surface area (Å²) in [5.74, 6) is 0.996. The topological polar surface area (TPSA) is 80.3 Å². The Morgan fingerprint density at radius 2 is 1.65 bits per heavy atom. The number of Topliss-reactive ketones (excluding diaryl/α,β-unsaturated/α-hetero) is 1. The molecule has 0 fully saturated rings. The molecule has 34 heavy (non-hydrogen) atoms. The van der Waals surface area contributed by atoms with E-state index < -0.39 is 5.97 Å². The van der Waals surface area contributed by atoms with E-state index in [1.54, 1.807) is 25.1 Å².